The molecule has 0 amide bonds. The fraction of sp³-hybridized carbons (Fsp3) is 0.417. The number of aromatic nitrogens is 2. The van der Waals surface area contributed by atoms with Gasteiger partial charge in [0.25, 0.3) is 0 Å². The molecule has 0 bridgehead atoms. The second kappa shape index (κ2) is 3.97. The number of hydrogen-bond donors (Lipinski definition) is 0. The predicted octanol–water partition coefficient (Wildman–Crippen LogP) is 3.94. The smallest absolute Gasteiger partial charge is 0.178 e. The molecule has 0 atom stereocenters. The summed E-state index contributed by atoms with van der Waals surface area (Å²) in [5.74, 6) is 0.515. The SMILES string of the molecule is CCn1c(Br)nc2c(C(C)C)cccc21. The van der Waals surface area contributed by atoms with Gasteiger partial charge in [0.2, 0.25) is 0 Å². The minimum atomic E-state index is 0.515. The van der Waals surface area contributed by atoms with Gasteiger partial charge in [-0.3, -0.25) is 0 Å². The van der Waals surface area contributed by atoms with E-state index in [9.17, 15) is 0 Å². The minimum Gasteiger partial charge on any atom is -0.319 e. The van der Waals surface area contributed by atoms with Crippen LogP contribution in [0.3, 0.4) is 0 Å². The molecule has 2 rings (SSSR count). The highest BCUT2D eigenvalue weighted by molar-refractivity contribution is 9.10. The molecule has 0 aliphatic rings. The van der Waals surface area contributed by atoms with Crippen molar-refractivity contribution < 1.29 is 0 Å². The Kier molecular flexibility index (Phi) is 2.83. The summed E-state index contributed by atoms with van der Waals surface area (Å²) in [7, 11) is 0. The van der Waals surface area contributed by atoms with Gasteiger partial charge in [-0.15, -0.1) is 0 Å². The number of hydrogen-bond acceptors (Lipinski definition) is 1. The van der Waals surface area contributed by atoms with Crippen LogP contribution in [0.25, 0.3) is 11.0 Å². The lowest BCUT2D eigenvalue weighted by molar-refractivity contribution is 0.765. The fourth-order valence-corrected chi connectivity index (χ4v) is 2.53. The molecule has 0 aliphatic carbocycles. The Morgan fingerprint density at radius 2 is 2.13 bits per heavy atom. The zero-order valence-corrected chi connectivity index (χ0v) is 10.9. The van der Waals surface area contributed by atoms with Crippen LogP contribution in [0, 0.1) is 0 Å². The molecule has 0 fully saturated rings. The Bertz CT molecular complexity index is 486. The van der Waals surface area contributed by atoms with Gasteiger partial charge in [0, 0.05) is 6.54 Å². The van der Waals surface area contributed by atoms with Crippen LogP contribution < -0.4 is 0 Å². The molecule has 0 spiro atoms. The van der Waals surface area contributed by atoms with E-state index in [1.807, 2.05) is 0 Å². The van der Waals surface area contributed by atoms with Gasteiger partial charge in [-0.1, -0.05) is 26.0 Å². The number of imidazole rings is 1. The van der Waals surface area contributed by atoms with Gasteiger partial charge in [0.05, 0.1) is 11.0 Å². The first-order valence-corrected chi connectivity index (χ1v) is 6.09. The molecule has 0 saturated carbocycles. The number of para-hydroxylation sites is 1. The largest absolute Gasteiger partial charge is 0.319 e. The lowest BCUT2D eigenvalue weighted by atomic mass is 10.0. The van der Waals surface area contributed by atoms with Crippen LogP contribution in [0.15, 0.2) is 22.9 Å². The summed E-state index contributed by atoms with van der Waals surface area (Å²) in [5.41, 5.74) is 3.66. The first-order valence-electron chi connectivity index (χ1n) is 5.29. The molecule has 1 heterocycles. The molecule has 0 aliphatic heterocycles. The lowest BCUT2D eigenvalue weighted by Crippen LogP contribution is -1.94. The van der Waals surface area contributed by atoms with E-state index in [2.05, 4.69) is 64.5 Å². The molecule has 1 aromatic carbocycles. The van der Waals surface area contributed by atoms with Crippen LogP contribution in [0.4, 0.5) is 0 Å². The average Bonchev–Trinajstić information content (AvgIpc) is 2.52. The number of benzene rings is 1. The molecular formula is C12H15BrN2. The zero-order chi connectivity index (χ0) is 11.0. The van der Waals surface area contributed by atoms with Crippen molar-refractivity contribution in [2.75, 3.05) is 0 Å². The Morgan fingerprint density at radius 3 is 2.73 bits per heavy atom. The third-order valence-corrected chi connectivity index (χ3v) is 3.31. The highest BCUT2D eigenvalue weighted by Gasteiger charge is 2.12. The topological polar surface area (TPSA) is 17.8 Å². The van der Waals surface area contributed by atoms with Crippen LogP contribution in [0.5, 0.6) is 0 Å². The van der Waals surface area contributed by atoms with Gasteiger partial charge in [-0.05, 0) is 40.4 Å². The maximum absolute atomic E-state index is 4.58. The van der Waals surface area contributed by atoms with Gasteiger partial charge < -0.3 is 4.57 Å². The van der Waals surface area contributed by atoms with E-state index in [0.29, 0.717) is 5.92 Å². The van der Waals surface area contributed by atoms with E-state index in [0.717, 1.165) is 16.8 Å². The van der Waals surface area contributed by atoms with E-state index < -0.39 is 0 Å². The van der Waals surface area contributed by atoms with E-state index in [-0.39, 0.29) is 0 Å². The van der Waals surface area contributed by atoms with Gasteiger partial charge in [0.15, 0.2) is 4.73 Å². The van der Waals surface area contributed by atoms with Crippen molar-refractivity contribution in [3.05, 3.63) is 28.5 Å². The normalized spacial score (nSPS) is 11.5. The van der Waals surface area contributed by atoms with E-state index in [1.165, 1.54) is 11.1 Å². The minimum absolute atomic E-state index is 0.515. The predicted molar refractivity (Wildman–Crippen MR) is 67.2 cm³/mol. The molecule has 15 heavy (non-hydrogen) atoms. The molecule has 80 valence electrons. The van der Waals surface area contributed by atoms with Crippen molar-refractivity contribution >= 4 is 27.0 Å². The summed E-state index contributed by atoms with van der Waals surface area (Å²) in [5, 5.41) is 0. The van der Waals surface area contributed by atoms with Crippen molar-refractivity contribution in [3.8, 4) is 0 Å². The van der Waals surface area contributed by atoms with Crippen molar-refractivity contribution in [3.63, 3.8) is 0 Å². The van der Waals surface area contributed by atoms with Gasteiger partial charge in [0.1, 0.15) is 0 Å². The number of nitrogens with zero attached hydrogens (tertiary/aromatic N) is 2. The summed E-state index contributed by atoms with van der Waals surface area (Å²) >= 11 is 3.50. The van der Waals surface area contributed by atoms with Crippen molar-refractivity contribution in [2.24, 2.45) is 0 Å². The third kappa shape index (κ3) is 1.69. The Morgan fingerprint density at radius 1 is 1.40 bits per heavy atom. The molecule has 0 saturated heterocycles. The van der Waals surface area contributed by atoms with Crippen LogP contribution in [-0.2, 0) is 6.54 Å². The summed E-state index contributed by atoms with van der Waals surface area (Å²) in [6.45, 7) is 7.48. The number of aryl methyl sites for hydroxylation is 1. The second-order valence-electron chi connectivity index (χ2n) is 3.99. The van der Waals surface area contributed by atoms with Gasteiger partial charge in [-0.25, -0.2) is 4.98 Å². The standard InChI is InChI=1S/C12H15BrN2/c1-4-15-10-7-5-6-9(8(2)3)11(10)14-12(15)13/h5-8H,4H2,1-3H3. The summed E-state index contributed by atoms with van der Waals surface area (Å²) in [6, 6.07) is 6.40. The quantitative estimate of drug-likeness (QED) is 0.805. The van der Waals surface area contributed by atoms with Gasteiger partial charge >= 0.3 is 0 Å². The highest BCUT2D eigenvalue weighted by atomic mass is 79.9. The Balaban J connectivity index is 2.77. The van der Waals surface area contributed by atoms with Crippen molar-refractivity contribution in [2.45, 2.75) is 33.2 Å². The molecule has 0 radical (unpaired) electrons. The number of halogens is 1. The average molecular weight is 267 g/mol. The molecule has 0 unspecified atom stereocenters. The fourth-order valence-electron chi connectivity index (χ4n) is 1.91. The molecule has 1 aromatic heterocycles. The Hall–Kier alpha value is -0.830. The third-order valence-electron chi connectivity index (χ3n) is 2.70. The zero-order valence-electron chi connectivity index (χ0n) is 9.29. The van der Waals surface area contributed by atoms with Crippen LogP contribution >= 0.6 is 15.9 Å². The molecular weight excluding hydrogens is 252 g/mol. The molecule has 3 heteroatoms. The monoisotopic (exact) mass is 266 g/mol. The number of fused-ring (bicyclic) bond motifs is 1. The van der Waals surface area contributed by atoms with Gasteiger partial charge in [-0.2, -0.15) is 0 Å². The summed E-state index contributed by atoms with van der Waals surface area (Å²) < 4.78 is 3.11. The maximum Gasteiger partial charge on any atom is 0.178 e. The molecule has 2 nitrogen and oxygen atoms in total. The van der Waals surface area contributed by atoms with Crippen molar-refractivity contribution in [1.29, 1.82) is 0 Å². The van der Waals surface area contributed by atoms with Crippen LogP contribution in [-0.4, -0.2) is 9.55 Å². The van der Waals surface area contributed by atoms with E-state index in [1.54, 1.807) is 0 Å². The summed E-state index contributed by atoms with van der Waals surface area (Å²) in [4.78, 5) is 4.58. The second-order valence-corrected chi connectivity index (χ2v) is 4.70. The number of rotatable bonds is 2. The summed E-state index contributed by atoms with van der Waals surface area (Å²) in [6.07, 6.45) is 0. The van der Waals surface area contributed by atoms with Crippen LogP contribution in [0.2, 0.25) is 0 Å². The van der Waals surface area contributed by atoms with Crippen LogP contribution in [0.1, 0.15) is 32.3 Å². The van der Waals surface area contributed by atoms with Crippen molar-refractivity contribution in [1.82, 2.24) is 9.55 Å². The molecule has 0 N–H and O–H groups in total. The van der Waals surface area contributed by atoms with E-state index in [4.69, 9.17) is 0 Å². The van der Waals surface area contributed by atoms with E-state index >= 15 is 0 Å². The Labute approximate surface area is 98.4 Å². The lowest BCUT2D eigenvalue weighted by Gasteiger charge is -2.06. The first kappa shape index (κ1) is 10.7. The highest BCUT2D eigenvalue weighted by Crippen LogP contribution is 2.27. The molecule has 2 aromatic rings. The maximum atomic E-state index is 4.58. The first-order chi connectivity index (χ1) is 7.15.